The van der Waals surface area contributed by atoms with Gasteiger partial charge in [-0.15, -0.1) is 0 Å². The molecule has 3 N–H and O–H groups in total. The molecule has 1 amide bonds. The second kappa shape index (κ2) is 8.40. The minimum absolute atomic E-state index is 0.0452. The predicted octanol–water partition coefficient (Wildman–Crippen LogP) is 3.24. The van der Waals surface area contributed by atoms with Gasteiger partial charge in [-0.2, -0.15) is 0 Å². The second-order valence-electron chi connectivity index (χ2n) is 6.36. The fraction of sp³-hybridized carbons (Fsp3) is 0.200. The van der Waals surface area contributed by atoms with E-state index in [0.717, 1.165) is 36.1 Å². The molecule has 0 aliphatic carbocycles. The highest BCUT2D eigenvalue weighted by Gasteiger charge is 2.33. The number of sulfonamides is 1. The van der Waals surface area contributed by atoms with Crippen LogP contribution in [0.25, 0.3) is 6.08 Å². The minimum Gasteiger partial charge on any atom is -0.372 e. The summed E-state index contributed by atoms with van der Waals surface area (Å²) in [5.41, 5.74) is 2.41. The summed E-state index contributed by atoms with van der Waals surface area (Å²) in [5, 5.41) is 13.3. The molecule has 0 spiro atoms. The zero-order chi connectivity index (χ0) is 21.2. The first-order valence-corrected chi connectivity index (χ1v) is 11.4. The Labute approximate surface area is 174 Å². The fourth-order valence-corrected chi connectivity index (χ4v) is 4.40. The van der Waals surface area contributed by atoms with E-state index in [1.807, 2.05) is 24.3 Å². The van der Waals surface area contributed by atoms with Gasteiger partial charge in [0.15, 0.2) is 5.17 Å². The molecule has 1 heterocycles. The number of amides is 1. The van der Waals surface area contributed by atoms with E-state index in [0.29, 0.717) is 10.6 Å². The van der Waals surface area contributed by atoms with Crippen molar-refractivity contribution in [3.63, 3.8) is 0 Å². The van der Waals surface area contributed by atoms with E-state index < -0.39 is 10.0 Å². The second-order valence-corrected chi connectivity index (χ2v) is 8.95. The summed E-state index contributed by atoms with van der Waals surface area (Å²) in [6.45, 7) is 6.04. The maximum atomic E-state index is 12.8. The number of primary sulfonamides is 1. The number of carbonyl (C=O) groups is 1. The molecule has 1 aliphatic heterocycles. The summed E-state index contributed by atoms with van der Waals surface area (Å²) < 4.78 is 22.8. The van der Waals surface area contributed by atoms with Crippen molar-refractivity contribution >= 4 is 50.3 Å². The van der Waals surface area contributed by atoms with Crippen LogP contribution < -0.4 is 14.9 Å². The third kappa shape index (κ3) is 4.52. The number of nitrogens with zero attached hydrogens (tertiary/aromatic N) is 2. The molecule has 2 aromatic carbocycles. The Kier molecular flexibility index (Phi) is 6.11. The molecular formula is C20H22N4O3S2. The number of benzene rings is 2. The monoisotopic (exact) mass is 430 g/mol. The molecule has 0 bridgehead atoms. The molecule has 3 rings (SSSR count). The normalized spacial score (nSPS) is 16.0. The van der Waals surface area contributed by atoms with Crippen LogP contribution in [-0.2, 0) is 14.8 Å². The van der Waals surface area contributed by atoms with Crippen molar-refractivity contribution in [3.05, 3.63) is 59.0 Å². The molecule has 29 heavy (non-hydrogen) atoms. The van der Waals surface area contributed by atoms with Crippen molar-refractivity contribution in [1.82, 2.24) is 0 Å². The number of thioether (sulfide) groups is 1. The lowest BCUT2D eigenvalue weighted by molar-refractivity contribution is -0.113. The molecule has 152 valence electrons. The first-order chi connectivity index (χ1) is 13.7. The molecule has 1 saturated heterocycles. The Morgan fingerprint density at radius 2 is 1.66 bits per heavy atom. The van der Waals surface area contributed by atoms with Crippen LogP contribution in [0.3, 0.4) is 0 Å². The van der Waals surface area contributed by atoms with Crippen LogP contribution >= 0.6 is 11.8 Å². The molecule has 7 nitrogen and oxygen atoms in total. The summed E-state index contributed by atoms with van der Waals surface area (Å²) in [6.07, 6.45) is 1.76. The summed E-state index contributed by atoms with van der Waals surface area (Å²) >= 11 is 1.07. The van der Waals surface area contributed by atoms with Crippen molar-refractivity contribution in [2.45, 2.75) is 18.7 Å². The van der Waals surface area contributed by atoms with E-state index in [1.165, 1.54) is 29.2 Å². The van der Waals surface area contributed by atoms with Gasteiger partial charge in [0.25, 0.3) is 5.91 Å². The molecule has 0 radical (unpaired) electrons. The molecule has 0 atom stereocenters. The van der Waals surface area contributed by atoms with Crippen molar-refractivity contribution < 1.29 is 13.2 Å². The Bertz CT molecular complexity index is 1060. The van der Waals surface area contributed by atoms with Gasteiger partial charge in [-0.25, -0.2) is 13.6 Å². The van der Waals surface area contributed by atoms with Gasteiger partial charge in [-0.3, -0.25) is 15.1 Å². The van der Waals surface area contributed by atoms with Gasteiger partial charge >= 0.3 is 0 Å². The number of nitrogens with one attached hydrogen (secondary N) is 1. The number of hydrogen-bond donors (Lipinski definition) is 2. The van der Waals surface area contributed by atoms with Crippen molar-refractivity contribution in [2.75, 3.05) is 22.9 Å². The van der Waals surface area contributed by atoms with Crippen LogP contribution in [0.15, 0.2) is 58.3 Å². The SMILES string of the molecule is CCN(CC)c1ccc(/C=C2\SC(=N)N(c3ccc(S(N)(=O)=O)cc3)C2=O)cc1. The van der Waals surface area contributed by atoms with E-state index in [1.54, 1.807) is 6.08 Å². The maximum Gasteiger partial charge on any atom is 0.271 e. The lowest BCUT2D eigenvalue weighted by Gasteiger charge is -2.20. The van der Waals surface area contributed by atoms with Crippen molar-refractivity contribution in [3.8, 4) is 0 Å². The van der Waals surface area contributed by atoms with E-state index >= 15 is 0 Å². The van der Waals surface area contributed by atoms with Gasteiger partial charge in [0, 0.05) is 18.8 Å². The summed E-state index contributed by atoms with van der Waals surface area (Å²) in [5.74, 6) is -0.323. The number of anilines is 2. The number of hydrogen-bond acceptors (Lipinski definition) is 6. The Morgan fingerprint density at radius 3 is 2.17 bits per heavy atom. The van der Waals surface area contributed by atoms with Crippen LogP contribution in [0.1, 0.15) is 19.4 Å². The van der Waals surface area contributed by atoms with Crippen molar-refractivity contribution in [1.29, 1.82) is 5.41 Å². The van der Waals surface area contributed by atoms with Gasteiger partial charge in [-0.05, 0) is 73.6 Å². The molecule has 2 aromatic rings. The average molecular weight is 431 g/mol. The van der Waals surface area contributed by atoms with E-state index in [-0.39, 0.29) is 16.0 Å². The van der Waals surface area contributed by atoms with Gasteiger partial charge in [-0.1, -0.05) is 12.1 Å². The quantitative estimate of drug-likeness (QED) is 0.684. The Morgan fingerprint density at radius 1 is 1.07 bits per heavy atom. The van der Waals surface area contributed by atoms with Crippen LogP contribution in [0.4, 0.5) is 11.4 Å². The van der Waals surface area contributed by atoms with Crippen LogP contribution in [0.2, 0.25) is 0 Å². The number of nitrogens with two attached hydrogens (primary N) is 1. The van der Waals surface area contributed by atoms with E-state index in [2.05, 4.69) is 18.7 Å². The molecule has 0 aromatic heterocycles. The molecule has 1 aliphatic rings. The van der Waals surface area contributed by atoms with Crippen LogP contribution in [0.5, 0.6) is 0 Å². The third-order valence-corrected chi connectivity index (χ3v) is 6.38. The van der Waals surface area contributed by atoms with Gasteiger partial charge in [0.05, 0.1) is 15.5 Å². The first kappa shape index (κ1) is 21.1. The smallest absolute Gasteiger partial charge is 0.271 e. The summed E-state index contributed by atoms with van der Waals surface area (Å²) in [4.78, 5) is 16.7. The molecule has 9 heteroatoms. The zero-order valence-electron chi connectivity index (χ0n) is 16.1. The number of amidine groups is 1. The van der Waals surface area contributed by atoms with Crippen molar-refractivity contribution in [2.24, 2.45) is 5.14 Å². The standard InChI is InChI=1S/C20H22N4O3S2/c1-3-23(4-2)15-7-5-14(6-8-15)13-18-19(25)24(20(21)28-18)16-9-11-17(12-10-16)29(22,26)27/h5-13,21H,3-4H2,1-2H3,(H2,22,26,27)/b18-13-,21-20?. The maximum absolute atomic E-state index is 12.8. The molecule has 0 unspecified atom stereocenters. The third-order valence-electron chi connectivity index (χ3n) is 4.57. The largest absolute Gasteiger partial charge is 0.372 e. The summed E-state index contributed by atoms with van der Waals surface area (Å²) in [7, 11) is -3.81. The highest BCUT2D eigenvalue weighted by molar-refractivity contribution is 8.19. The summed E-state index contributed by atoms with van der Waals surface area (Å²) in [6, 6.07) is 13.5. The zero-order valence-corrected chi connectivity index (χ0v) is 17.8. The number of rotatable bonds is 6. The number of carbonyl (C=O) groups excluding carboxylic acids is 1. The Balaban J connectivity index is 1.83. The lowest BCUT2D eigenvalue weighted by Crippen LogP contribution is -2.28. The average Bonchev–Trinajstić information content (AvgIpc) is 2.96. The highest BCUT2D eigenvalue weighted by Crippen LogP contribution is 2.35. The van der Waals surface area contributed by atoms with Crippen LogP contribution in [-0.4, -0.2) is 32.6 Å². The lowest BCUT2D eigenvalue weighted by atomic mass is 10.1. The highest BCUT2D eigenvalue weighted by atomic mass is 32.2. The molecule has 0 saturated carbocycles. The van der Waals surface area contributed by atoms with Gasteiger partial charge in [0.2, 0.25) is 10.0 Å². The van der Waals surface area contributed by atoms with Crippen LogP contribution in [0, 0.1) is 5.41 Å². The predicted molar refractivity (Wildman–Crippen MR) is 119 cm³/mol. The fourth-order valence-electron chi connectivity index (χ4n) is 3.03. The van der Waals surface area contributed by atoms with E-state index in [9.17, 15) is 13.2 Å². The minimum atomic E-state index is -3.81. The Hall–Kier alpha value is -2.62. The van der Waals surface area contributed by atoms with Gasteiger partial charge in [0.1, 0.15) is 0 Å². The topological polar surface area (TPSA) is 108 Å². The first-order valence-electron chi connectivity index (χ1n) is 9.05. The van der Waals surface area contributed by atoms with E-state index in [4.69, 9.17) is 10.5 Å². The molecule has 1 fully saturated rings. The van der Waals surface area contributed by atoms with Gasteiger partial charge < -0.3 is 4.90 Å². The molecular weight excluding hydrogens is 408 g/mol.